The van der Waals surface area contributed by atoms with Crippen LogP contribution < -0.4 is 0 Å². The van der Waals surface area contributed by atoms with Gasteiger partial charge in [0.05, 0.1) is 18.8 Å². The van der Waals surface area contributed by atoms with Gasteiger partial charge >= 0.3 is 0 Å². The molecule has 4 atom stereocenters. The molecular formula is C15H30O4Si. The summed E-state index contributed by atoms with van der Waals surface area (Å²) in [7, 11) is 2.16. The lowest BCUT2D eigenvalue weighted by atomic mass is 9.88. The maximum Gasteiger partial charge on any atom is 0.179 e. The fraction of sp³-hybridized carbons (Fsp3) is 1.00. The molecule has 2 fully saturated rings. The number of epoxide rings is 1. The van der Waals surface area contributed by atoms with Gasteiger partial charge in [0.1, 0.15) is 0 Å². The SMILES string of the molecule is COC(CO[SiH](CCC1CCC2OC2C1)C(C)C)OC. The fourth-order valence-corrected chi connectivity index (χ4v) is 5.62. The quantitative estimate of drug-likeness (QED) is 0.373. The van der Waals surface area contributed by atoms with E-state index in [-0.39, 0.29) is 6.29 Å². The Labute approximate surface area is 124 Å². The van der Waals surface area contributed by atoms with Crippen LogP contribution in [-0.4, -0.2) is 48.4 Å². The molecule has 2 aliphatic rings. The molecule has 0 bridgehead atoms. The fourth-order valence-electron chi connectivity index (χ4n) is 3.19. The number of rotatable bonds is 9. The van der Waals surface area contributed by atoms with Crippen molar-refractivity contribution in [2.45, 2.75) is 69.6 Å². The summed E-state index contributed by atoms with van der Waals surface area (Å²) < 4.78 is 22.2. The van der Waals surface area contributed by atoms with Gasteiger partial charge in [-0.3, -0.25) is 0 Å². The summed E-state index contributed by atoms with van der Waals surface area (Å²) in [5, 5.41) is 0. The van der Waals surface area contributed by atoms with Gasteiger partial charge in [-0.1, -0.05) is 20.3 Å². The normalized spacial score (nSPS) is 30.6. The molecule has 0 aromatic rings. The lowest BCUT2D eigenvalue weighted by Crippen LogP contribution is -2.30. The van der Waals surface area contributed by atoms with Crippen LogP contribution >= 0.6 is 0 Å². The first-order valence-electron chi connectivity index (χ1n) is 7.96. The highest BCUT2D eigenvalue weighted by atomic mass is 28.3. The minimum absolute atomic E-state index is 0.223. The van der Waals surface area contributed by atoms with Crippen molar-refractivity contribution in [3.05, 3.63) is 0 Å². The van der Waals surface area contributed by atoms with Crippen molar-refractivity contribution in [1.29, 1.82) is 0 Å². The lowest BCUT2D eigenvalue weighted by Gasteiger charge is -2.25. The highest BCUT2D eigenvalue weighted by molar-refractivity contribution is 6.53. The number of fused-ring (bicyclic) bond motifs is 1. The molecule has 118 valence electrons. The van der Waals surface area contributed by atoms with Gasteiger partial charge in [0.15, 0.2) is 15.3 Å². The first kappa shape index (κ1) is 16.4. The number of hydrogen-bond donors (Lipinski definition) is 0. The van der Waals surface area contributed by atoms with Crippen molar-refractivity contribution in [3.8, 4) is 0 Å². The molecule has 0 N–H and O–H groups in total. The summed E-state index contributed by atoms with van der Waals surface area (Å²) in [5.41, 5.74) is 0.665. The monoisotopic (exact) mass is 302 g/mol. The van der Waals surface area contributed by atoms with E-state index in [1.807, 2.05) is 0 Å². The maximum atomic E-state index is 6.13. The molecular weight excluding hydrogens is 272 g/mol. The predicted molar refractivity (Wildman–Crippen MR) is 81.4 cm³/mol. The molecule has 4 nitrogen and oxygen atoms in total. The van der Waals surface area contributed by atoms with Crippen molar-refractivity contribution in [2.24, 2.45) is 5.92 Å². The molecule has 1 aliphatic carbocycles. The molecule has 0 aromatic carbocycles. The van der Waals surface area contributed by atoms with Gasteiger partial charge in [-0.15, -0.1) is 0 Å². The molecule has 1 saturated carbocycles. The van der Waals surface area contributed by atoms with Crippen LogP contribution in [0, 0.1) is 5.92 Å². The van der Waals surface area contributed by atoms with Crippen molar-refractivity contribution in [1.82, 2.24) is 0 Å². The average molecular weight is 302 g/mol. The molecule has 0 amide bonds. The molecule has 1 aliphatic heterocycles. The standard InChI is InChI=1S/C15H30O4Si/c1-11(2)20(18-10-15(16-3)17-4)8-7-12-5-6-13-14(9-12)19-13/h11-15,20H,5-10H2,1-4H3. The van der Waals surface area contributed by atoms with Crippen LogP contribution in [0.1, 0.15) is 39.5 Å². The molecule has 20 heavy (non-hydrogen) atoms. The summed E-state index contributed by atoms with van der Waals surface area (Å²) in [6.07, 6.45) is 6.21. The highest BCUT2D eigenvalue weighted by Gasteiger charge is 2.43. The molecule has 4 unspecified atom stereocenters. The number of ether oxygens (including phenoxy) is 3. The maximum absolute atomic E-state index is 6.13. The highest BCUT2D eigenvalue weighted by Crippen LogP contribution is 2.41. The Hall–Kier alpha value is 0.0569. The first-order chi connectivity index (χ1) is 9.63. The number of hydrogen-bond acceptors (Lipinski definition) is 4. The lowest BCUT2D eigenvalue weighted by molar-refractivity contribution is -0.123. The average Bonchev–Trinajstić information content (AvgIpc) is 3.21. The first-order valence-corrected chi connectivity index (χ1v) is 9.92. The van der Waals surface area contributed by atoms with Crippen LogP contribution in [0.3, 0.4) is 0 Å². The smallest absolute Gasteiger partial charge is 0.179 e. The van der Waals surface area contributed by atoms with Crippen molar-refractivity contribution in [3.63, 3.8) is 0 Å². The zero-order chi connectivity index (χ0) is 14.5. The van der Waals surface area contributed by atoms with Crippen LogP contribution in [0.15, 0.2) is 0 Å². The predicted octanol–water partition coefficient (Wildman–Crippen LogP) is 2.71. The Bertz CT molecular complexity index is 283. The second-order valence-electron chi connectivity index (χ2n) is 6.49. The molecule has 1 saturated heterocycles. The third-order valence-corrected chi connectivity index (χ3v) is 7.70. The Balaban J connectivity index is 1.68. The van der Waals surface area contributed by atoms with Gasteiger partial charge < -0.3 is 18.6 Å². The van der Waals surface area contributed by atoms with Gasteiger partial charge in [0.25, 0.3) is 0 Å². The Morgan fingerprint density at radius 3 is 2.50 bits per heavy atom. The summed E-state index contributed by atoms with van der Waals surface area (Å²) in [6.45, 7) is 5.14. The molecule has 1 heterocycles. The van der Waals surface area contributed by atoms with E-state index in [0.717, 1.165) is 5.92 Å². The summed E-state index contributed by atoms with van der Waals surface area (Å²) >= 11 is 0. The van der Waals surface area contributed by atoms with E-state index >= 15 is 0 Å². The minimum atomic E-state index is -1.17. The Kier molecular flexibility index (Phi) is 6.48. The zero-order valence-corrected chi connectivity index (χ0v) is 14.5. The van der Waals surface area contributed by atoms with Crippen LogP contribution in [0.25, 0.3) is 0 Å². The van der Waals surface area contributed by atoms with Gasteiger partial charge in [-0.25, -0.2) is 0 Å². The van der Waals surface area contributed by atoms with Crippen LogP contribution in [-0.2, 0) is 18.6 Å². The van der Waals surface area contributed by atoms with Crippen molar-refractivity contribution in [2.75, 3.05) is 20.8 Å². The molecule has 0 radical (unpaired) electrons. The van der Waals surface area contributed by atoms with Gasteiger partial charge in [0, 0.05) is 14.2 Å². The Morgan fingerprint density at radius 1 is 1.15 bits per heavy atom. The van der Waals surface area contributed by atoms with Crippen LogP contribution in [0.4, 0.5) is 0 Å². The summed E-state index contributed by atoms with van der Waals surface area (Å²) in [5.74, 6) is 0.858. The number of methoxy groups -OCH3 is 2. The van der Waals surface area contributed by atoms with E-state index in [1.165, 1.54) is 31.7 Å². The van der Waals surface area contributed by atoms with E-state index in [9.17, 15) is 0 Å². The summed E-state index contributed by atoms with van der Waals surface area (Å²) in [4.78, 5) is 0. The van der Waals surface area contributed by atoms with Crippen LogP contribution in [0.5, 0.6) is 0 Å². The largest absolute Gasteiger partial charge is 0.415 e. The van der Waals surface area contributed by atoms with Crippen LogP contribution in [0.2, 0.25) is 11.6 Å². The zero-order valence-electron chi connectivity index (χ0n) is 13.3. The topological polar surface area (TPSA) is 40.2 Å². The second kappa shape index (κ2) is 7.89. The Morgan fingerprint density at radius 2 is 1.90 bits per heavy atom. The van der Waals surface area contributed by atoms with Gasteiger partial charge in [-0.05, 0) is 36.8 Å². The van der Waals surface area contributed by atoms with Crippen molar-refractivity contribution >= 4 is 9.04 Å². The van der Waals surface area contributed by atoms with Gasteiger partial charge in [0.2, 0.25) is 0 Å². The van der Waals surface area contributed by atoms with E-state index in [1.54, 1.807) is 14.2 Å². The van der Waals surface area contributed by atoms with E-state index in [2.05, 4.69) is 13.8 Å². The third-order valence-electron chi connectivity index (χ3n) is 4.69. The molecule has 5 heteroatoms. The van der Waals surface area contributed by atoms with E-state index < -0.39 is 9.04 Å². The third kappa shape index (κ3) is 4.81. The molecule has 0 aromatic heterocycles. The van der Waals surface area contributed by atoms with Gasteiger partial charge in [-0.2, -0.15) is 0 Å². The van der Waals surface area contributed by atoms with Crippen molar-refractivity contribution < 1.29 is 18.6 Å². The molecule has 0 spiro atoms. The summed E-state index contributed by atoms with van der Waals surface area (Å²) in [6, 6.07) is 1.26. The van der Waals surface area contributed by atoms with E-state index in [0.29, 0.717) is 24.4 Å². The van der Waals surface area contributed by atoms with E-state index in [4.69, 9.17) is 18.6 Å². The second-order valence-corrected chi connectivity index (χ2v) is 9.81. The minimum Gasteiger partial charge on any atom is -0.415 e. The molecule has 2 rings (SSSR count).